The van der Waals surface area contributed by atoms with Crippen LogP contribution in [0.3, 0.4) is 0 Å². The maximum Gasteiger partial charge on any atom is 0.405 e. The Labute approximate surface area is 204 Å². The minimum absolute atomic E-state index is 0.192. The molecule has 190 valence electrons. The lowest BCUT2D eigenvalue weighted by Crippen LogP contribution is -2.66. The van der Waals surface area contributed by atoms with Gasteiger partial charge < -0.3 is 31.8 Å². The van der Waals surface area contributed by atoms with Crippen molar-refractivity contribution >= 4 is 34.7 Å². The minimum Gasteiger partial charge on any atom is -0.436 e. The molecule has 0 unspecified atom stereocenters. The lowest BCUT2D eigenvalue weighted by molar-refractivity contribution is -0.141. The summed E-state index contributed by atoms with van der Waals surface area (Å²) >= 11 is 0. The van der Waals surface area contributed by atoms with Gasteiger partial charge in [-0.1, -0.05) is 45.9 Å². The highest BCUT2D eigenvalue weighted by Gasteiger charge is 2.46. The molecule has 1 aliphatic carbocycles. The van der Waals surface area contributed by atoms with Gasteiger partial charge in [0.25, 0.3) is 5.91 Å². The van der Waals surface area contributed by atoms with Crippen LogP contribution in [0, 0.1) is 11.8 Å². The van der Waals surface area contributed by atoms with E-state index in [0.717, 1.165) is 22.2 Å². The molecule has 4 atom stereocenters. The van der Waals surface area contributed by atoms with E-state index in [9.17, 15) is 19.2 Å². The van der Waals surface area contributed by atoms with E-state index in [1.807, 2.05) is 31.2 Å². The predicted molar refractivity (Wildman–Crippen MR) is 131 cm³/mol. The summed E-state index contributed by atoms with van der Waals surface area (Å²) in [6.45, 7) is 7.18. The number of H-pyrrole nitrogens is 1. The molecule has 35 heavy (non-hydrogen) atoms. The first kappa shape index (κ1) is 26.1. The van der Waals surface area contributed by atoms with Crippen molar-refractivity contribution in [3.05, 3.63) is 35.5 Å². The number of amides is 4. The van der Waals surface area contributed by atoms with E-state index in [4.69, 9.17) is 16.2 Å². The topological polar surface area (TPSA) is 169 Å². The average molecular weight is 486 g/mol. The maximum absolute atomic E-state index is 13.8. The molecule has 4 amide bonds. The molecule has 1 aliphatic rings. The van der Waals surface area contributed by atoms with Crippen LogP contribution in [0.5, 0.6) is 0 Å². The van der Waals surface area contributed by atoms with E-state index in [1.165, 1.54) is 0 Å². The van der Waals surface area contributed by atoms with Crippen molar-refractivity contribution < 1.29 is 23.9 Å². The van der Waals surface area contributed by atoms with Gasteiger partial charge >= 0.3 is 6.09 Å². The largest absolute Gasteiger partial charge is 0.436 e. The number of fused-ring (bicyclic) bond motifs is 3. The smallest absolute Gasteiger partial charge is 0.405 e. The Morgan fingerprint density at radius 3 is 2.43 bits per heavy atom. The molecule has 3 rings (SSSR count). The Morgan fingerprint density at radius 1 is 1.14 bits per heavy atom. The molecule has 0 spiro atoms. The summed E-state index contributed by atoms with van der Waals surface area (Å²) in [6, 6.07) is 6.83. The maximum atomic E-state index is 13.8. The average Bonchev–Trinajstić information content (AvgIpc) is 3.17. The standard InChI is InChI=1S/C25H35N5O5/c1-5-14(4)20(35-24(27)34)22(32)30-25(23(33)29-19(13(2)3)21(26)31)11-10-18-16(12-25)15-8-6-7-9-17(15)28-18/h6-9,13-14,19-20,28H,5,10-12H2,1-4H3,(H2,26,31)(H2,27,34)(H,29,33)(H,30,32)/t14-,19-,20-,25+/m0/s1. The molecule has 0 bridgehead atoms. The van der Waals surface area contributed by atoms with Gasteiger partial charge in [0.2, 0.25) is 11.8 Å². The number of aromatic amines is 1. The minimum atomic E-state index is -1.38. The van der Waals surface area contributed by atoms with E-state index in [2.05, 4.69) is 15.6 Å². The number of rotatable bonds is 9. The van der Waals surface area contributed by atoms with E-state index >= 15 is 0 Å². The number of primary amides is 2. The van der Waals surface area contributed by atoms with Gasteiger partial charge in [-0.05, 0) is 36.8 Å². The third-order valence-electron chi connectivity index (χ3n) is 6.90. The fourth-order valence-corrected chi connectivity index (χ4v) is 4.68. The van der Waals surface area contributed by atoms with Gasteiger partial charge in [0.15, 0.2) is 6.10 Å². The van der Waals surface area contributed by atoms with Gasteiger partial charge in [0.1, 0.15) is 11.6 Å². The first-order chi connectivity index (χ1) is 16.5. The summed E-state index contributed by atoms with van der Waals surface area (Å²) in [6.07, 6.45) is -0.724. The Morgan fingerprint density at radius 2 is 1.83 bits per heavy atom. The van der Waals surface area contributed by atoms with Crippen molar-refractivity contribution in [3.63, 3.8) is 0 Å². The third kappa shape index (κ3) is 5.41. The zero-order valence-electron chi connectivity index (χ0n) is 20.6. The lowest BCUT2D eigenvalue weighted by atomic mass is 9.78. The highest BCUT2D eigenvalue weighted by Crippen LogP contribution is 2.35. The van der Waals surface area contributed by atoms with E-state index in [1.54, 1.807) is 20.8 Å². The van der Waals surface area contributed by atoms with Crippen LogP contribution in [0.2, 0.25) is 0 Å². The molecule has 2 aromatic rings. The van der Waals surface area contributed by atoms with E-state index in [-0.39, 0.29) is 24.7 Å². The molecular formula is C25H35N5O5. The summed E-state index contributed by atoms with van der Waals surface area (Å²) in [5.74, 6) is -2.36. The van der Waals surface area contributed by atoms with Crippen molar-refractivity contribution in [2.75, 3.05) is 0 Å². The molecule has 0 saturated carbocycles. The van der Waals surface area contributed by atoms with Gasteiger partial charge in [0.05, 0.1) is 0 Å². The summed E-state index contributed by atoms with van der Waals surface area (Å²) in [4.78, 5) is 54.1. The second-order valence-corrected chi connectivity index (χ2v) is 9.72. The van der Waals surface area contributed by atoms with Gasteiger partial charge in [-0.25, -0.2) is 4.79 Å². The van der Waals surface area contributed by atoms with Crippen LogP contribution in [0.25, 0.3) is 10.9 Å². The van der Waals surface area contributed by atoms with Crippen molar-refractivity contribution in [1.29, 1.82) is 0 Å². The van der Waals surface area contributed by atoms with Crippen LogP contribution < -0.4 is 22.1 Å². The first-order valence-electron chi connectivity index (χ1n) is 12.0. The van der Waals surface area contributed by atoms with Gasteiger partial charge in [0, 0.05) is 28.9 Å². The zero-order valence-corrected chi connectivity index (χ0v) is 20.6. The normalized spacial score (nSPS) is 19.9. The van der Waals surface area contributed by atoms with Crippen molar-refractivity contribution in [2.45, 2.75) is 71.1 Å². The van der Waals surface area contributed by atoms with Crippen LogP contribution in [0.4, 0.5) is 4.79 Å². The first-order valence-corrected chi connectivity index (χ1v) is 12.0. The van der Waals surface area contributed by atoms with Crippen LogP contribution in [0.1, 0.15) is 51.8 Å². The fourth-order valence-electron chi connectivity index (χ4n) is 4.68. The molecule has 7 N–H and O–H groups in total. The van der Waals surface area contributed by atoms with Gasteiger partial charge in [-0.2, -0.15) is 0 Å². The lowest BCUT2D eigenvalue weighted by Gasteiger charge is -2.39. The number of hydrogen-bond donors (Lipinski definition) is 5. The number of hydrogen-bond acceptors (Lipinski definition) is 5. The number of ether oxygens (including phenoxy) is 1. The van der Waals surface area contributed by atoms with E-state index < -0.39 is 41.5 Å². The molecule has 10 heteroatoms. The van der Waals surface area contributed by atoms with Crippen LogP contribution >= 0.6 is 0 Å². The Kier molecular flexibility index (Phi) is 7.72. The second-order valence-electron chi connectivity index (χ2n) is 9.72. The molecule has 1 aromatic carbocycles. The third-order valence-corrected chi connectivity index (χ3v) is 6.90. The number of para-hydroxylation sites is 1. The highest BCUT2D eigenvalue weighted by atomic mass is 16.6. The van der Waals surface area contributed by atoms with E-state index in [0.29, 0.717) is 12.8 Å². The van der Waals surface area contributed by atoms with Gasteiger partial charge in [-0.3, -0.25) is 14.4 Å². The molecule has 1 heterocycles. The van der Waals surface area contributed by atoms with Crippen molar-refractivity contribution in [2.24, 2.45) is 23.3 Å². The Balaban J connectivity index is 2.02. The molecule has 0 fully saturated rings. The number of carbonyl (C=O) groups excluding carboxylic acids is 4. The predicted octanol–water partition coefficient (Wildman–Crippen LogP) is 1.65. The molecule has 0 radical (unpaired) electrons. The molecule has 0 saturated heterocycles. The number of benzene rings is 1. The summed E-state index contributed by atoms with van der Waals surface area (Å²) in [5, 5.41) is 6.59. The number of nitrogens with two attached hydrogens (primary N) is 2. The number of aromatic nitrogens is 1. The zero-order chi connectivity index (χ0) is 25.9. The molecule has 10 nitrogen and oxygen atoms in total. The fraction of sp³-hybridized carbons (Fsp3) is 0.520. The van der Waals surface area contributed by atoms with Gasteiger partial charge in [-0.15, -0.1) is 0 Å². The van der Waals surface area contributed by atoms with Crippen molar-refractivity contribution in [1.82, 2.24) is 15.6 Å². The summed E-state index contributed by atoms with van der Waals surface area (Å²) in [5.41, 5.74) is 12.2. The quantitative estimate of drug-likeness (QED) is 0.363. The summed E-state index contributed by atoms with van der Waals surface area (Å²) < 4.78 is 5.13. The van der Waals surface area contributed by atoms with Crippen LogP contribution in [0.15, 0.2) is 24.3 Å². The Bertz CT molecular complexity index is 1130. The van der Waals surface area contributed by atoms with Crippen LogP contribution in [-0.2, 0) is 32.0 Å². The Hall–Kier alpha value is -3.56. The van der Waals surface area contributed by atoms with Crippen molar-refractivity contribution in [3.8, 4) is 0 Å². The molecule has 0 aliphatic heterocycles. The van der Waals surface area contributed by atoms with Crippen LogP contribution in [-0.4, -0.2) is 46.5 Å². The number of nitrogens with one attached hydrogen (secondary N) is 3. The number of aryl methyl sites for hydroxylation is 1. The number of carbonyl (C=O) groups is 4. The monoisotopic (exact) mass is 485 g/mol. The highest BCUT2D eigenvalue weighted by molar-refractivity contribution is 5.97. The second kappa shape index (κ2) is 10.4. The SMILES string of the molecule is CC[C@H](C)[C@H](OC(N)=O)C(=O)N[C@]1(C(=O)N[C@H](C(N)=O)C(C)C)CCc2[nH]c3ccccc3c2C1. The molecular weight excluding hydrogens is 450 g/mol. The summed E-state index contributed by atoms with van der Waals surface area (Å²) in [7, 11) is 0. The molecule has 1 aromatic heterocycles.